The fraction of sp³-hybridized carbons (Fsp3) is 0.778. The van der Waals surface area contributed by atoms with Gasteiger partial charge in [-0.05, 0) is 5.41 Å². The number of ketones is 1. The second-order valence-corrected chi connectivity index (χ2v) is 4.53. The molecule has 76 valence electrons. The maximum atomic E-state index is 11.4. The molecule has 1 atom stereocenters. The Hall–Kier alpha value is -0.510. The Kier molecular flexibility index (Phi) is 4.47. The standard InChI is InChI=1S/C9H17NO2S/c1-9(2,3)6(4-8(10)12)7(11)5-13/h6,13H,4-5H2,1-3H3,(H2,10,12). The lowest BCUT2D eigenvalue weighted by Crippen LogP contribution is -2.33. The predicted molar refractivity (Wildman–Crippen MR) is 55.6 cm³/mol. The summed E-state index contributed by atoms with van der Waals surface area (Å²) in [5, 5.41) is 0. The van der Waals surface area contributed by atoms with Crippen LogP contribution < -0.4 is 5.73 Å². The fourth-order valence-corrected chi connectivity index (χ4v) is 1.43. The van der Waals surface area contributed by atoms with Gasteiger partial charge in [0.1, 0.15) is 5.78 Å². The molecule has 0 aromatic carbocycles. The molecule has 0 spiro atoms. The zero-order valence-corrected chi connectivity index (χ0v) is 9.23. The van der Waals surface area contributed by atoms with Crippen LogP contribution in [-0.2, 0) is 9.59 Å². The highest BCUT2D eigenvalue weighted by molar-refractivity contribution is 7.81. The van der Waals surface area contributed by atoms with Crippen molar-refractivity contribution in [1.82, 2.24) is 0 Å². The minimum Gasteiger partial charge on any atom is -0.370 e. The number of hydrogen-bond acceptors (Lipinski definition) is 3. The zero-order chi connectivity index (χ0) is 10.6. The number of nitrogens with two attached hydrogens (primary N) is 1. The molecule has 0 radical (unpaired) electrons. The van der Waals surface area contributed by atoms with Crippen LogP contribution in [0.15, 0.2) is 0 Å². The number of amides is 1. The van der Waals surface area contributed by atoms with Gasteiger partial charge in [-0.2, -0.15) is 12.6 Å². The minimum absolute atomic E-state index is 0.0189. The Morgan fingerprint density at radius 3 is 2.08 bits per heavy atom. The molecule has 0 rings (SSSR count). The van der Waals surface area contributed by atoms with Crippen molar-refractivity contribution in [3.05, 3.63) is 0 Å². The van der Waals surface area contributed by atoms with Gasteiger partial charge in [-0.15, -0.1) is 0 Å². The maximum Gasteiger partial charge on any atom is 0.218 e. The van der Waals surface area contributed by atoms with Gasteiger partial charge in [0.05, 0.1) is 0 Å². The average Bonchev–Trinajstić information content (AvgIpc) is 1.96. The van der Waals surface area contributed by atoms with Crippen molar-refractivity contribution < 1.29 is 9.59 Å². The number of carbonyl (C=O) groups is 2. The van der Waals surface area contributed by atoms with Crippen LogP contribution in [-0.4, -0.2) is 17.4 Å². The number of rotatable bonds is 4. The third-order valence-corrected chi connectivity index (χ3v) is 2.31. The summed E-state index contributed by atoms with van der Waals surface area (Å²) >= 11 is 3.91. The maximum absolute atomic E-state index is 11.4. The molecule has 1 amide bonds. The molecule has 1 unspecified atom stereocenters. The zero-order valence-electron chi connectivity index (χ0n) is 8.33. The Morgan fingerprint density at radius 2 is 1.85 bits per heavy atom. The summed E-state index contributed by atoms with van der Waals surface area (Å²) in [6.07, 6.45) is 0.114. The lowest BCUT2D eigenvalue weighted by Gasteiger charge is -2.27. The largest absolute Gasteiger partial charge is 0.370 e. The molecule has 0 bridgehead atoms. The van der Waals surface area contributed by atoms with Crippen LogP contribution in [0.25, 0.3) is 0 Å². The lowest BCUT2D eigenvalue weighted by atomic mass is 9.76. The molecule has 0 aliphatic rings. The van der Waals surface area contributed by atoms with Gasteiger partial charge < -0.3 is 5.73 Å². The summed E-state index contributed by atoms with van der Waals surface area (Å²) in [5.41, 5.74) is 4.84. The van der Waals surface area contributed by atoms with Gasteiger partial charge in [0.2, 0.25) is 5.91 Å². The molecule has 4 heteroatoms. The molecule has 0 aliphatic carbocycles. The molecule has 0 aromatic rings. The Balaban J connectivity index is 4.56. The van der Waals surface area contributed by atoms with Gasteiger partial charge in [-0.1, -0.05) is 20.8 Å². The minimum atomic E-state index is -0.435. The normalized spacial score (nSPS) is 13.8. The summed E-state index contributed by atoms with van der Waals surface area (Å²) < 4.78 is 0. The van der Waals surface area contributed by atoms with Gasteiger partial charge >= 0.3 is 0 Å². The molecule has 0 aliphatic heterocycles. The van der Waals surface area contributed by atoms with E-state index in [-0.39, 0.29) is 29.3 Å². The fourth-order valence-electron chi connectivity index (χ4n) is 1.21. The van der Waals surface area contributed by atoms with E-state index in [4.69, 9.17) is 5.73 Å². The van der Waals surface area contributed by atoms with Crippen molar-refractivity contribution >= 4 is 24.3 Å². The van der Waals surface area contributed by atoms with Crippen LogP contribution in [0.2, 0.25) is 0 Å². The molecule has 3 nitrogen and oxygen atoms in total. The third kappa shape index (κ3) is 4.31. The molecule has 2 N–H and O–H groups in total. The van der Waals surface area contributed by atoms with E-state index in [1.807, 2.05) is 20.8 Å². The number of thiol groups is 1. The second kappa shape index (κ2) is 4.65. The van der Waals surface area contributed by atoms with Crippen molar-refractivity contribution in [2.24, 2.45) is 17.1 Å². The van der Waals surface area contributed by atoms with E-state index >= 15 is 0 Å². The van der Waals surface area contributed by atoms with Crippen molar-refractivity contribution in [2.45, 2.75) is 27.2 Å². The van der Waals surface area contributed by atoms with E-state index in [0.717, 1.165) is 0 Å². The third-order valence-electron chi connectivity index (χ3n) is 2.00. The van der Waals surface area contributed by atoms with Crippen LogP contribution in [0, 0.1) is 11.3 Å². The highest BCUT2D eigenvalue weighted by Gasteiger charge is 2.31. The quantitative estimate of drug-likeness (QED) is 0.670. The van der Waals surface area contributed by atoms with E-state index in [0.29, 0.717) is 0 Å². The Labute approximate surface area is 84.5 Å². The summed E-state index contributed by atoms with van der Waals surface area (Å²) in [4.78, 5) is 22.1. The highest BCUT2D eigenvalue weighted by atomic mass is 32.1. The van der Waals surface area contributed by atoms with E-state index in [9.17, 15) is 9.59 Å². The van der Waals surface area contributed by atoms with E-state index in [1.54, 1.807) is 0 Å². The van der Waals surface area contributed by atoms with Crippen LogP contribution in [0.5, 0.6) is 0 Å². The van der Waals surface area contributed by atoms with Crippen molar-refractivity contribution in [3.8, 4) is 0 Å². The molecule has 0 heterocycles. The molecular formula is C9H17NO2S. The first-order valence-corrected chi connectivity index (χ1v) is 4.84. The van der Waals surface area contributed by atoms with Crippen LogP contribution in [0.4, 0.5) is 0 Å². The Bertz CT molecular complexity index is 208. The smallest absolute Gasteiger partial charge is 0.218 e. The monoisotopic (exact) mass is 203 g/mol. The van der Waals surface area contributed by atoms with E-state index in [2.05, 4.69) is 12.6 Å². The Morgan fingerprint density at radius 1 is 1.38 bits per heavy atom. The number of carbonyl (C=O) groups excluding carboxylic acids is 2. The lowest BCUT2D eigenvalue weighted by molar-refractivity contribution is -0.129. The van der Waals surface area contributed by atoms with Crippen molar-refractivity contribution in [3.63, 3.8) is 0 Å². The van der Waals surface area contributed by atoms with E-state index in [1.165, 1.54) is 0 Å². The van der Waals surface area contributed by atoms with Crippen LogP contribution in [0.1, 0.15) is 27.2 Å². The number of hydrogen-bond donors (Lipinski definition) is 2. The second-order valence-electron chi connectivity index (χ2n) is 4.21. The molecule has 0 saturated heterocycles. The van der Waals surface area contributed by atoms with Gasteiger partial charge in [0, 0.05) is 18.1 Å². The number of primary amides is 1. The summed E-state index contributed by atoms with van der Waals surface area (Å²) in [7, 11) is 0. The molecular weight excluding hydrogens is 186 g/mol. The first-order chi connectivity index (χ1) is 5.79. The summed E-state index contributed by atoms with van der Waals surface area (Å²) in [5.74, 6) is -0.609. The van der Waals surface area contributed by atoms with Gasteiger partial charge in [-0.3, -0.25) is 9.59 Å². The first-order valence-electron chi connectivity index (χ1n) is 4.21. The molecule has 13 heavy (non-hydrogen) atoms. The van der Waals surface area contributed by atoms with E-state index < -0.39 is 5.91 Å². The van der Waals surface area contributed by atoms with Crippen molar-refractivity contribution in [1.29, 1.82) is 0 Å². The van der Waals surface area contributed by atoms with Crippen LogP contribution >= 0.6 is 12.6 Å². The van der Waals surface area contributed by atoms with Gasteiger partial charge in [0.25, 0.3) is 0 Å². The van der Waals surface area contributed by atoms with Gasteiger partial charge in [0.15, 0.2) is 0 Å². The van der Waals surface area contributed by atoms with Crippen molar-refractivity contribution in [2.75, 3.05) is 5.75 Å². The predicted octanol–water partition coefficient (Wildman–Crippen LogP) is 1.02. The molecule has 0 saturated carbocycles. The summed E-state index contributed by atoms with van der Waals surface area (Å²) in [6.45, 7) is 5.76. The first kappa shape index (κ1) is 12.5. The highest BCUT2D eigenvalue weighted by Crippen LogP contribution is 2.29. The average molecular weight is 203 g/mol. The number of Topliss-reactive ketones (excluding diaryl/α,β-unsaturated/α-hetero) is 1. The summed E-state index contributed by atoms with van der Waals surface area (Å²) in [6, 6.07) is 0. The molecule has 0 fully saturated rings. The SMILES string of the molecule is CC(C)(C)C(CC(N)=O)C(=O)CS. The van der Waals surface area contributed by atoms with Gasteiger partial charge in [-0.25, -0.2) is 0 Å². The molecule has 0 aromatic heterocycles. The van der Waals surface area contributed by atoms with Crippen LogP contribution in [0.3, 0.4) is 0 Å². The topological polar surface area (TPSA) is 60.2 Å².